The van der Waals surface area contributed by atoms with Crippen molar-refractivity contribution in [2.45, 2.75) is 69.1 Å². The number of anilines is 1. The van der Waals surface area contributed by atoms with E-state index >= 15 is 0 Å². The molecule has 174 valence electrons. The van der Waals surface area contributed by atoms with E-state index in [9.17, 15) is 14.7 Å². The SMILES string of the molecule is O=C(O)CC12C[C@H]3C[C@H](C1)CC(n1ncc(N4CCC5(CC4)OCCO5)c(Cl)c1=O)(C3)C2. The molecule has 0 radical (unpaired) electrons. The molecule has 0 amide bonds. The zero-order valence-corrected chi connectivity index (χ0v) is 19.0. The maximum atomic E-state index is 13.5. The van der Waals surface area contributed by atoms with Gasteiger partial charge >= 0.3 is 5.97 Å². The number of halogens is 1. The van der Waals surface area contributed by atoms with Crippen LogP contribution in [0.1, 0.15) is 57.8 Å². The van der Waals surface area contributed by atoms with Gasteiger partial charge in [0.2, 0.25) is 0 Å². The van der Waals surface area contributed by atoms with Crippen molar-refractivity contribution >= 4 is 23.3 Å². The quantitative estimate of drug-likeness (QED) is 0.733. The smallest absolute Gasteiger partial charge is 0.303 e. The Bertz CT molecular complexity index is 980. The molecular formula is C23H30ClN3O5. The van der Waals surface area contributed by atoms with Crippen LogP contribution in [0.5, 0.6) is 0 Å². The average molecular weight is 464 g/mol. The topological polar surface area (TPSA) is 93.9 Å². The van der Waals surface area contributed by atoms with Gasteiger partial charge < -0.3 is 19.5 Å². The molecular weight excluding hydrogens is 434 g/mol. The van der Waals surface area contributed by atoms with Crippen molar-refractivity contribution in [1.82, 2.24) is 9.78 Å². The van der Waals surface area contributed by atoms with Crippen LogP contribution in [-0.2, 0) is 19.8 Å². The second-order valence-corrected chi connectivity index (χ2v) is 11.3. The summed E-state index contributed by atoms with van der Waals surface area (Å²) in [7, 11) is 0. The van der Waals surface area contributed by atoms with Gasteiger partial charge in [-0.05, 0) is 55.8 Å². The number of nitrogens with zero attached hydrogens (tertiary/aromatic N) is 3. The lowest BCUT2D eigenvalue weighted by atomic mass is 9.46. The third-order valence-corrected chi connectivity index (χ3v) is 9.06. The zero-order valence-electron chi connectivity index (χ0n) is 18.2. The molecule has 4 bridgehead atoms. The first kappa shape index (κ1) is 20.9. The van der Waals surface area contributed by atoms with E-state index in [2.05, 4.69) is 10.00 Å². The molecule has 8 nitrogen and oxygen atoms in total. The van der Waals surface area contributed by atoms with E-state index in [-0.39, 0.29) is 22.4 Å². The monoisotopic (exact) mass is 463 g/mol. The Morgan fingerprint density at radius 2 is 1.81 bits per heavy atom. The summed E-state index contributed by atoms with van der Waals surface area (Å²) < 4.78 is 13.2. The Balaban J connectivity index is 1.29. The number of aliphatic carboxylic acids is 1. The fourth-order valence-electron chi connectivity index (χ4n) is 8.03. The number of carboxylic acids is 1. The van der Waals surface area contributed by atoms with Crippen molar-refractivity contribution in [3.63, 3.8) is 0 Å². The van der Waals surface area contributed by atoms with Gasteiger partial charge in [-0.1, -0.05) is 11.6 Å². The molecule has 2 atom stereocenters. The number of piperidine rings is 1. The van der Waals surface area contributed by atoms with Gasteiger partial charge in [0.1, 0.15) is 5.02 Å². The molecule has 2 saturated heterocycles. The molecule has 0 unspecified atom stereocenters. The number of ether oxygens (including phenoxy) is 2. The summed E-state index contributed by atoms with van der Waals surface area (Å²) in [6, 6.07) is 0. The van der Waals surface area contributed by atoms with Crippen molar-refractivity contribution in [2.24, 2.45) is 17.3 Å². The number of carbonyl (C=O) groups is 1. The first-order valence-corrected chi connectivity index (χ1v) is 12.2. The van der Waals surface area contributed by atoms with Crippen molar-refractivity contribution in [1.29, 1.82) is 0 Å². The van der Waals surface area contributed by atoms with Crippen LogP contribution in [0.4, 0.5) is 5.69 Å². The Morgan fingerprint density at radius 3 is 2.44 bits per heavy atom. The summed E-state index contributed by atoms with van der Waals surface area (Å²) in [4.78, 5) is 27.2. The molecule has 4 saturated carbocycles. The minimum Gasteiger partial charge on any atom is -0.481 e. The first-order valence-electron chi connectivity index (χ1n) is 11.8. The van der Waals surface area contributed by atoms with Crippen LogP contribution in [-0.4, -0.2) is 52.9 Å². The Labute approximate surface area is 191 Å². The molecule has 6 aliphatic rings. The van der Waals surface area contributed by atoms with E-state index in [0.29, 0.717) is 50.2 Å². The molecule has 2 aliphatic heterocycles. The van der Waals surface area contributed by atoms with Crippen LogP contribution in [0.25, 0.3) is 0 Å². The van der Waals surface area contributed by atoms with E-state index in [1.54, 1.807) is 10.9 Å². The first-order chi connectivity index (χ1) is 15.3. The van der Waals surface area contributed by atoms with Gasteiger partial charge in [-0.3, -0.25) is 9.59 Å². The molecule has 6 fully saturated rings. The van der Waals surface area contributed by atoms with Crippen molar-refractivity contribution in [3.05, 3.63) is 21.6 Å². The summed E-state index contributed by atoms with van der Waals surface area (Å²) in [5.41, 5.74) is -0.197. The standard InChI is InChI=1S/C23H30ClN3O5/c24-19-17(26-3-1-23(2-4-26)31-5-6-32-23)13-25-27(20(19)30)22-10-15-7-16(11-22)9-21(8-15,14-22)12-18(28)29/h13,15-16H,1-12,14H2,(H,28,29)/t15-,16-,21?,22?/m1/s1. The van der Waals surface area contributed by atoms with Gasteiger partial charge in [0.25, 0.3) is 5.56 Å². The maximum absolute atomic E-state index is 13.5. The summed E-state index contributed by atoms with van der Waals surface area (Å²) in [6.07, 6.45) is 8.95. The zero-order chi connectivity index (χ0) is 22.1. The minimum absolute atomic E-state index is 0.183. The van der Waals surface area contributed by atoms with Gasteiger partial charge in [0.05, 0.1) is 37.1 Å². The van der Waals surface area contributed by atoms with E-state index in [1.807, 2.05) is 0 Å². The highest BCUT2D eigenvalue weighted by molar-refractivity contribution is 6.33. The van der Waals surface area contributed by atoms with E-state index < -0.39 is 17.3 Å². The minimum atomic E-state index is -0.742. The van der Waals surface area contributed by atoms with Gasteiger partial charge in [0.15, 0.2) is 5.79 Å². The molecule has 7 rings (SSSR count). The average Bonchev–Trinajstić information content (AvgIpc) is 3.17. The lowest BCUT2D eigenvalue weighted by Crippen LogP contribution is -2.59. The molecule has 1 aromatic rings. The lowest BCUT2D eigenvalue weighted by Gasteiger charge is -2.61. The van der Waals surface area contributed by atoms with Crippen LogP contribution < -0.4 is 10.5 Å². The highest BCUT2D eigenvalue weighted by Gasteiger charge is 2.59. The maximum Gasteiger partial charge on any atom is 0.303 e. The van der Waals surface area contributed by atoms with Crippen LogP contribution in [0, 0.1) is 17.3 Å². The summed E-state index contributed by atoms with van der Waals surface area (Å²) in [5, 5.41) is 14.4. The Morgan fingerprint density at radius 1 is 1.16 bits per heavy atom. The van der Waals surface area contributed by atoms with Gasteiger partial charge in [0, 0.05) is 25.9 Å². The van der Waals surface area contributed by atoms with Gasteiger partial charge in [-0.15, -0.1) is 0 Å². The second kappa shape index (κ2) is 7.18. The highest BCUT2D eigenvalue weighted by atomic mass is 35.5. The lowest BCUT2D eigenvalue weighted by molar-refractivity contribution is -0.169. The molecule has 1 aromatic heterocycles. The normalized spacial score (nSPS) is 37.3. The number of aromatic nitrogens is 2. The third-order valence-electron chi connectivity index (χ3n) is 8.71. The van der Waals surface area contributed by atoms with Crippen molar-refractivity contribution in [3.8, 4) is 0 Å². The molecule has 4 aliphatic carbocycles. The van der Waals surface area contributed by atoms with Crippen LogP contribution in [0.15, 0.2) is 11.0 Å². The molecule has 32 heavy (non-hydrogen) atoms. The van der Waals surface area contributed by atoms with E-state index in [0.717, 1.165) is 44.9 Å². The van der Waals surface area contributed by atoms with Gasteiger partial charge in [-0.2, -0.15) is 5.10 Å². The summed E-state index contributed by atoms with van der Waals surface area (Å²) in [5.74, 6) is -0.294. The summed E-state index contributed by atoms with van der Waals surface area (Å²) in [6.45, 7) is 2.65. The number of hydrogen-bond acceptors (Lipinski definition) is 6. The fourth-order valence-corrected chi connectivity index (χ4v) is 8.28. The Kier molecular flexibility index (Phi) is 4.69. The largest absolute Gasteiger partial charge is 0.481 e. The summed E-state index contributed by atoms with van der Waals surface area (Å²) >= 11 is 6.67. The third kappa shape index (κ3) is 3.21. The number of rotatable bonds is 4. The van der Waals surface area contributed by atoms with Gasteiger partial charge in [-0.25, -0.2) is 4.68 Å². The van der Waals surface area contributed by atoms with E-state index in [1.165, 1.54) is 0 Å². The van der Waals surface area contributed by atoms with Crippen molar-refractivity contribution < 1.29 is 19.4 Å². The fraction of sp³-hybridized carbons (Fsp3) is 0.783. The van der Waals surface area contributed by atoms with Crippen LogP contribution in [0.3, 0.4) is 0 Å². The van der Waals surface area contributed by atoms with Crippen LogP contribution in [0.2, 0.25) is 5.02 Å². The van der Waals surface area contributed by atoms with Crippen molar-refractivity contribution in [2.75, 3.05) is 31.2 Å². The van der Waals surface area contributed by atoms with E-state index in [4.69, 9.17) is 21.1 Å². The second-order valence-electron chi connectivity index (χ2n) is 10.9. The molecule has 0 aromatic carbocycles. The molecule has 9 heteroatoms. The Hall–Kier alpha value is -1.64. The predicted molar refractivity (Wildman–Crippen MR) is 117 cm³/mol. The van der Waals surface area contributed by atoms with Crippen LogP contribution >= 0.6 is 11.6 Å². The highest BCUT2D eigenvalue weighted by Crippen LogP contribution is 2.65. The number of hydrogen-bond donors (Lipinski definition) is 1. The molecule has 1 spiro atoms. The molecule has 3 heterocycles. The number of carboxylic acid groups (broad SMARTS) is 1. The molecule has 1 N–H and O–H groups in total. The predicted octanol–water partition coefficient (Wildman–Crippen LogP) is 3.01.